The molecule has 0 bridgehead atoms. The topological polar surface area (TPSA) is 34.3 Å². The molecule has 2 rings (SSSR count). The van der Waals surface area contributed by atoms with Gasteiger partial charge >= 0.3 is 12.5 Å². The van der Waals surface area contributed by atoms with Gasteiger partial charge in [0.25, 0.3) is 0 Å². The summed E-state index contributed by atoms with van der Waals surface area (Å²) in [7, 11) is 0. The van der Waals surface area contributed by atoms with Crippen LogP contribution in [0.4, 0.5) is 17.6 Å². The predicted octanol–water partition coefficient (Wildman–Crippen LogP) is 2.39. The largest absolute Gasteiger partial charge is 0.416 e. The average Bonchev–Trinajstić information content (AvgIpc) is 3.05. The standard InChI is InChI=1S/C5H6F4O2.C3H5BrO/c6-4(7)5(8,9)11-2-3-1-10-3;1-2-3(4)5-2/h3-4H,1-2H2;2-3H,1H3. The number of hydrogen-bond acceptors (Lipinski definition) is 3. The lowest BCUT2D eigenvalue weighted by Crippen LogP contribution is -2.31. The molecule has 2 saturated heterocycles. The minimum atomic E-state index is -4.34. The van der Waals surface area contributed by atoms with Crippen LogP contribution in [0.15, 0.2) is 0 Å². The molecule has 2 aliphatic rings. The lowest BCUT2D eigenvalue weighted by atomic mass is 10.5. The highest BCUT2D eigenvalue weighted by Crippen LogP contribution is 2.26. The first kappa shape index (κ1) is 14.1. The van der Waals surface area contributed by atoms with E-state index in [-0.39, 0.29) is 0 Å². The molecule has 16 heavy (non-hydrogen) atoms. The van der Waals surface area contributed by atoms with Gasteiger partial charge in [-0.1, -0.05) is 15.9 Å². The highest BCUT2D eigenvalue weighted by molar-refractivity contribution is 9.09. The molecule has 0 N–H and O–H groups in total. The Bertz CT molecular complexity index is 219. The van der Waals surface area contributed by atoms with E-state index in [1.807, 2.05) is 6.92 Å². The lowest BCUT2D eigenvalue weighted by Gasteiger charge is -2.14. The third-order valence-corrected chi connectivity index (χ3v) is 2.72. The van der Waals surface area contributed by atoms with E-state index < -0.39 is 25.2 Å². The fourth-order valence-corrected chi connectivity index (χ4v) is 0.931. The third kappa shape index (κ3) is 5.42. The van der Waals surface area contributed by atoms with Gasteiger partial charge in [0.05, 0.1) is 19.3 Å². The Morgan fingerprint density at radius 3 is 2.19 bits per heavy atom. The van der Waals surface area contributed by atoms with E-state index in [9.17, 15) is 17.6 Å². The molecule has 2 fully saturated rings. The van der Waals surface area contributed by atoms with Crippen LogP contribution >= 0.6 is 15.9 Å². The van der Waals surface area contributed by atoms with Crippen LogP contribution in [0.3, 0.4) is 0 Å². The van der Waals surface area contributed by atoms with Crippen LogP contribution in [0.1, 0.15) is 6.92 Å². The van der Waals surface area contributed by atoms with Gasteiger partial charge in [0.2, 0.25) is 0 Å². The Hall–Kier alpha value is 0.0800. The monoisotopic (exact) mass is 310 g/mol. The number of epoxide rings is 2. The molecule has 0 spiro atoms. The van der Waals surface area contributed by atoms with Gasteiger partial charge in [0.15, 0.2) is 0 Å². The smallest absolute Gasteiger partial charge is 0.371 e. The summed E-state index contributed by atoms with van der Waals surface area (Å²) in [6.45, 7) is 1.86. The summed E-state index contributed by atoms with van der Waals surface area (Å²) in [5.41, 5.74) is 0. The number of hydrogen-bond donors (Lipinski definition) is 0. The summed E-state index contributed by atoms with van der Waals surface area (Å²) in [5.74, 6) is 0. The Kier molecular flexibility index (Phi) is 4.96. The second-order valence-corrected chi connectivity index (χ2v) is 4.22. The molecule has 0 aromatic heterocycles. The highest BCUT2D eigenvalue weighted by atomic mass is 79.9. The van der Waals surface area contributed by atoms with Crippen molar-refractivity contribution in [1.82, 2.24) is 0 Å². The summed E-state index contributed by atoms with van der Waals surface area (Å²) in [6, 6.07) is 0. The van der Waals surface area contributed by atoms with Crippen LogP contribution in [0, 0.1) is 0 Å². The van der Waals surface area contributed by atoms with E-state index in [1.54, 1.807) is 0 Å². The minimum absolute atomic E-state index is 0.305. The van der Waals surface area contributed by atoms with Gasteiger partial charge in [0.1, 0.15) is 11.1 Å². The van der Waals surface area contributed by atoms with Crippen molar-refractivity contribution >= 4 is 15.9 Å². The fraction of sp³-hybridized carbons (Fsp3) is 1.00. The van der Waals surface area contributed by atoms with Crippen molar-refractivity contribution in [2.45, 2.75) is 36.7 Å². The fourth-order valence-electron chi connectivity index (χ4n) is 0.591. The first-order valence-electron chi connectivity index (χ1n) is 4.54. The van der Waals surface area contributed by atoms with Gasteiger partial charge in [0, 0.05) is 0 Å². The molecule has 0 aromatic carbocycles. The summed E-state index contributed by atoms with van der Waals surface area (Å²) >= 11 is 3.23. The molecule has 3 unspecified atom stereocenters. The molecule has 3 nitrogen and oxygen atoms in total. The highest BCUT2D eigenvalue weighted by Gasteiger charge is 2.43. The number of ether oxygens (including phenoxy) is 3. The Labute approximate surface area is 98.2 Å². The summed E-state index contributed by atoms with van der Waals surface area (Å²) in [6.07, 6.45) is -8.08. The molecular weight excluding hydrogens is 300 g/mol. The van der Waals surface area contributed by atoms with Crippen molar-refractivity contribution < 1.29 is 31.8 Å². The van der Waals surface area contributed by atoms with Crippen LogP contribution in [-0.4, -0.2) is 43.0 Å². The molecule has 3 atom stereocenters. The van der Waals surface area contributed by atoms with Crippen molar-refractivity contribution in [2.24, 2.45) is 0 Å². The van der Waals surface area contributed by atoms with Crippen molar-refractivity contribution in [1.29, 1.82) is 0 Å². The zero-order chi connectivity index (χ0) is 12.3. The summed E-state index contributed by atoms with van der Waals surface area (Å²) < 4.78 is 59.5. The second kappa shape index (κ2) is 5.61. The average molecular weight is 311 g/mol. The number of halogens is 5. The molecule has 0 saturated carbocycles. The number of rotatable bonds is 4. The molecule has 0 aromatic rings. The Morgan fingerprint density at radius 2 is 1.94 bits per heavy atom. The van der Waals surface area contributed by atoms with Crippen LogP contribution in [0.5, 0.6) is 0 Å². The molecule has 2 heterocycles. The quantitative estimate of drug-likeness (QED) is 0.454. The van der Waals surface area contributed by atoms with Crippen LogP contribution in [-0.2, 0) is 14.2 Å². The molecule has 0 radical (unpaired) electrons. The van der Waals surface area contributed by atoms with Crippen LogP contribution in [0.2, 0.25) is 0 Å². The van der Waals surface area contributed by atoms with E-state index in [4.69, 9.17) is 4.74 Å². The Morgan fingerprint density at radius 1 is 1.50 bits per heavy atom. The molecule has 0 aliphatic carbocycles. The van der Waals surface area contributed by atoms with Gasteiger partial charge in [-0.3, -0.25) is 0 Å². The molecule has 96 valence electrons. The first-order chi connectivity index (χ1) is 7.33. The Balaban J connectivity index is 0.000000212. The number of alkyl halides is 5. The maximum atomic E-state index is 11.9. The van der Waals surface area contributed by atoms with Crippen molar-refractivity contribution in [3.8, 4) is 0 Å². The van der Waals surface area contributed by atoms with E-state index >= 15 is 0 Å². The van der Waals surface area contributed by atoms with Crippen molar-refractivity contribution in [2.75, 3.05) is 13.2 Å². The van der Waals surface area contributed by atoms with E-state index in [0.717, 1.165) is 0 Å². The molecule has 8 heteroatoms. The SMILES string of the molecule is CC1OC1Br.FC(F)C(F)(F)OCC1CO1. The van der Waals surface area contributed by atoms with Crippen molar-refractivity contribution in [3.63, 3.8) is 0 Å². The summed E-state index contributed by atoms with van der Waals surface area (Å²) in [5, 5.41) is 0.363. The zero-order valence-corrected chi connectivity index (χ0v) is 9.92. The zero-order valence-electron chi connectivity index (χ0n) is 8.34. The van der Waals surface area contributed by atoms with Crippen molar-refractivity contribution in [3.05, 3.63) is 0 Å². The van der Waals surface area contributed by atoms with Gasteiger partial charge in [-0.25, -0.2) is 8.78 Å². The maximum absolute atomic E-state index is 11.9. The van der Waals surface area contributed by atoms with Gasteiger partial charge in [-0.05, 0) is 6.92 Å². The second-order valence-electron chi connectivity index (χ2n) is 3.32. The van der Waals surface area contributed by atoms with Crippen LogP contribution < -0.4 is 0 Å². The lowest BCUT2D eigenvalue weighted by molar-refractivity contribution is -0.301. The van der Waals surface area contributed by atoms with Gasteiger partial charge < -0.3 is 14.2 Å². The normalized spacial score (nSPS) is 32.1. The molecule has 0 amide bonds. The minimum Gasteiger partial charge on any atom is -0.371 e. The van der Waals surface area contributed by atoms with Gasteiger partial charge in [-0.15, -0.1) is 0 Å². The predicted molar refractivity (Wildman–Crippen MR) is 49.9 cm³/mol. The van der Waals surface area contributed by atoms with E-state index in [2.05, 4.69) is 25.4 Å². The molecular formula is C8H11BrF4O3. The first-order valence-corrected chi connectivity index (χ1v) is 5.45. The third-order valence-electron chi connectivity index (χ3n) is 1.76. The van der Waals surface area contributed by atoms with Gasteiger partial charge in [-0.2, -0.15) is 8.78 Å². The van der Waals surface area contributed by atoms with E-state index in [0.29, 0.717) is 17.7 Å². The van der Waals surface area contributed by atoms with Crippen LogP contribution in [0.25, 0.3) is 0 Å². The molecule has 2 aliphatic heterocycles. The summed E-state index contributed by atoms with van der Waals surface area (Å²) in [4.78, 5) is 0. The van der Waals surface area contributed by atoms with E-state index in [1.165, 1.54) is 0 Å². The maximum Gasteiger partial charge on any atom is 0.416 e.